The van der Waals surface area contributed by atoms with Gasteiger partial charge in [0.15, 0.2) is 11.0 Å². The highest BCUT2D eigenvalue weighted by atomic mass is 32.1. The third-order valence-corrected chi connectivity index (χ3v) is 4.26. The number of aliphatic imine (C=N–C) groups is 1. The second kappa shape index (κ2) is 8.05. The third-order valence-electron chi connectivity index (χ3n) is 3.97. The standard InChI is InChI=1S/C19H16FN3O3S/c1-26-15-8-2-12(3-9-15)10-21-11-16-17(24)22-19(27)23(18(16)25)14-6-4-13(20)5-7-14/h2-9,11,16H,10H2,1H3,(H,22,24,27). The molecule has 0 aromatic heterocycles. The van der Waals surface area contributed by atoms with Gasteiger partial charge in [-0.3, -0.25) is 19.5 Å². The molecule has 3 rings (SSSR count). The number of hydrogen-bond acceptors (Lipinski definition) is 5. The van der Waals surface area contributed by atoms with Crippen molar-refractivity contribution >= 4 is 41.0 Å². The van der Waals surface area contributed by atoms with E-state index in [0.29, 0.717) is 12.2 Å². The molecule has 0 saturated carbocycles. The largest absolute Gasteiger partial charge is 0.497 e. The molecule has 0 aliphatic carbocycles. The number of ether oxygens (including phenoxy) is 1. The van der Waals surface area contributed by atoms with E-state index in [4.69, 9.17) is 17.0 Å². The van der Waals surface area contributed by atoms with Gasteiger partial charge in [0.25, 0.3) is 5.91 Å². The van der Waals surface area contributed by atoms with Gasteiger partial charge in [0.05, 0.1) is 19.3 Å². The predicted octanol–water partition coefficient (Wildman–Crippen LogP) is 2.47. The van der Waals surface area contributed by atoms with Crippen LogP contribution in [0, 0.1) is 11.7 Å². The average molecular weight is 385 g/mol. The van der Waals surface area contributed by atoms with E-state index in [1.54, 1.807) is 19.2 Å². The van der Waals surface area contributed by atoms with Crippen molar-refractivity contribution in [3.05, 3.63) is 59.9 Å². The minimum atomic E-state index is -1.11. The summed E-state index contributed by atoms with van der Waals surface area (Å²) in [6.45, 7) is 0.308. The van der Waals surface area contributed by atoms with Gasteiger partial charge in [0.1, 0.15) is 11.6 Å². The molecule has 27 heavy (non-hydrogen) atoms. The van der Waals surface area contributed by atoms with Crippen LogP contribution >= 0.6 is 12.2 Å². The fourth-order valence-corrected chi connectivity index (χ4v) is 2.85. The first-order valence-electron chi connectivity index (χ1n) is 8.07. The SMILES string of the molecule is COc1ccc(CN=CC2C(=O)NC(=S)N(c3ccc(F)cc3)C2=O)cc1. The Kier molecular flexibility index (Phi) is 5.56. The molecule has 8 heteroatoms. The number of benzene rings is 2. The molecule has 6 nitrogen and oxygen atoms in total. The van der Waals surface area contributed by atoms with Gasteiger partial charge >= 0.3 is 0 Å². The number of nitrogens with one attached hydrogen (secondary N) is 1. The second-order valence-corrected chi connectivity index (χ2v) is 6.15. The molecule has 1 N–H and O–H groups in total. The van der Waals surface area contributed by atoms with Crippen molar-refractivity contribution in [1.82, 2.24) is 5.32 Å². The minimum Gasteiger partial charge on any atom is -0.497 e. The summed E-state index contributed by atoms with van der Waals surface area (Å²) in [4.78, 5) is 30.3. The zero-order valence-corrected chi connectivity index (χ0v) is 15.2. The van der Waals surface area contributed by atoms with E-state index in [1.807, 2.05) is 12.1 Å². The van der Waals surface area contributed by atoms with Crippen LogP contribution in [0.3, 0.4) is 0 Å². The lowest BCUT2D eigenvalue weighted by molar-refractivity contribution is -0.130. The number of halogens is 1. The Hall–Kier alpha value is -3.13. The van der Waals surface area contributed by atoms with Crippen LogP contribution in [-0.2, 0) is 16.1 Å². The van der Waals surface area contributed by atoms with Crippen LogP contribution in [0.25, 0.3) is 0 Å². The van der Waals surface area contributed by atoms with Crippen molar-refractivity contribution in [3.8, 4) is 5.75 Å². The van der Waals surface area contributed by atoms with Gasteiger partial charge in [-0.25, -0.2) is 4.39 Å². The molecule has 1 atom stereocenters. The molecule has 1 aliphatic rings. The van der Waals surface area contributed by atoms with Crippen molar-refractivity contribution in [2.75, 3.05) is 12.0 Å². The minimum absolute atomic E-state index is 0.0450. The van der Waals surface area contributed by atoms with E-state index >= 15 is 0 Å². The van der Waals surface area contributed by atoms with Gasteiger partial charge < -0.3 is 10.1 Å². The van der Waals surface area contributed by atoms with Crippen LogP contribution in [0.1, 0.15) is 5.56 Å². The maximum absolute atomic E-state index is 13.1. The van der Waals surface area contributed by atoms with Crippen molar-refractivity contribution in [2.24, 2.45) is 10.9 Å². The molecule has 1 fully saturated rings. The Balaban J connectivity index is 1.75. The Labute approximate surface area is 160 Å². The van der Waals surface area contributed by atoms with E-state index in [9.17, 15) is 14.0 Å². The summed E-state index contributed by atoms with van der Waals surface area (Å²) in [6, 6.07) is 12.6. The molecule has 2 amide bonds. The fourth-order valence-electron chi connectivity index (χ4n) is 2.55. The van der Waals surface area contributed by atoms with Crippen molar-refractivity contribution in [1.29, 1.82) is 0 Å². The summed E-state index contributed by atoms with van der Waals surface area (Å²) in [5.74, 6) is -1.89. The van der Waals surface area contributed by atoms with Gasteiger partial charge in [-0.1, -0.05) is 12.1 Å². The molecule has 1 heterocycles. The highest BCUT2D eigenvalue weighted by Gasteiger charge is 2.38. The molecule has 0 bridgehead atoms. The molecule has 2 aromatic carbocycles. The monoisotopic (exact) mass is 385 g/mol. The molecule has 0 radical (unpaired) electrons. The lowest BCUT2D eigenvalue weighted by atomic mass is 10.1. The molecule has 138 valence electrons. The number of methoxy groups -OCH3 is 1. The lowest BCUT2D eigenvalue weighted by Crippen LogP contribution is -2.58. The Bertz CT molecular complexity index is 897. The van der Waals surface area contributed by atoms with Crippen LogP contribution in [0.4, 0.5) is 10.1 Å². The number of nitrogens with zero attached hydrogens (tertiary/aromatic N) is 2. The quantitative estimate of drug-likeness (QED) is 0.488. The number of rotatable bonds is 5. The van der Waals surface area contributed by atoms with Crippen LogP contribution in [0.15, 0.2) is 53.5 Å². The van der Waals surface area contributed by atoms with Gasteiger partial charge in [0, 0.05) is 6.21 Å². The zero-order chi connectivity index (χ0) is 19.4. The number of carbonyl (C=O) groups is 2. The summed E-state index contributed by atoms with van der Waals surface area (Å²) in [7, 11) is 1.58. The molecular formula is C19H16FN3O3S. The molecule has 1 aliphatic heterocycles. The summed E-state index contributed by atoms with van der Waals surface area (Å²) in [5.41, 5.74) is 1.28. The first-order valence-corrected chi connectivity index (χ1v) is 8.47. The number of amides is 2. The first kappa shape index (κ1) is 18.7. The Morgan fingerprint density at radius 2 is 1.85 bits per heavy atom. The van der Waals surface area contributed by atoms with Crippen LogP contribution < -0.4 is 15.0 Å². The molecule has 1 saturated heterocycles. The van der Waals surface area contributed by atoms with E-state index < -0.39 is 23.5 Å². The van der Waals surface area contributed by atoms with Gasteiger partial charge in [0.2, 0.25) is 5.91 Å². The zero-order valence-electron chi connectivity index (χ0n) is 14.4. The van der Waals surface area contributed by atoms with E-state index in [-0.39, 0.29) is 5.11 Å². The molecule has 1 unspecified atom stereocenters. The van der Waals surface area contributed by atoms with Crippen LogP contribution in [0.5, 0.6) is 5.75 Å². The second-order valence-electron chi connectivity index (χ2n) is 5.76. The van der Waals surface area contributed by atoms with Crippen LogP contribution in [0.2, 0.25) is 0 Å². The fraction of sp³-hybridized carbons (Fsp3) is 0.158. The van der Waals surface area contributed by atoms with Crippen molar-refractivity contribution in [2.45, 2.75) is 6.54 Å². The highest BCUT2D eigenvalue weighted by molar-refractivity contribution is 7.80. The topological polar surface area (TPSA) is 71.0 Å². The molecule has 0 spiro atoms. The van der Waals surface area contributed by atoms with Crippen molar-refractivity contribution < 1.29 is 18.7 Å². The summed E-state index contributed by atoms with van der Waals surface area (Å²) in [6.07, 6.45) is 1.31. The smallest absolute Gasteiger partial charge is 0.251 e. The van der Waals surface area contributed by atoms with Gasteiger partial charge in [-0.2, -0.15) is 0 Å². The first-order chi connectivity index (χ1) is 13.0. The summed E-state index contributed by atoms with van der Waals surface area (Å²) < 4.78 is 18.2. The normalized spacial score (nSPS) is 17.3. The number of hydrogen-bond donors (Lipinski definition) is 1. The Morgan fingerprint density at radius 1 is 1.19 bits per heavy atom. The molecular weight excluding hydrogens is 369 g/mol. The van der Waals surface area contributed by atoms with E-state index in [0.717, 1.165) is 11.3 Å². The van der Waals surface area contributed by atoms with Crippen molar-refractivity contribution in [3.63, 3.8) is 0 Å². The Morgan fingerprint density at radius 3 is 2.48 bits per heavy atom. The lowest BCUT2D eigenvalue weighted by Gasteiger charge is -2.30. The number of carbonyl (C=O) groups excluding carboxylic acids is 2. The third kappa shape index (κ3) is 4.17. The van der Waals surface area contributed by atoms with Gasteiger partial charge in [-0.05, 0) is 54.2 Å². The number of thiocarbonyl (C=S) groups is 1. The highest BCUT2D eigenvalue weighted by Crippen LogP contribution is 2.21. The maximum Gasteiger partial charge on any atom is 0.251 e. The average Bonchev–Trinajstić information content (AvgIpc) is 2.66. The van der Waals surface area contributed by atoms with E-state index in [2.05, 4.69) is 10.3 Å². The summed E-state index contributed by atoms with van der Waals surface area (Å²) >= 11 is 5.08. The van der Waals surface area contributed by atoms with Crippen LogP contribution in [-0.4, -0.2) is 30.3 Å². The molecule has 2 aromatic rings. The van der Waals surface area contributed by atoms with Gasteiger partial charge in [-0.15, -0.1) is 0 Å². The van der Waals surface area contributed by atoms with E-state index in [1.165, 1.54) is 35.4 Å². The summed E-state index contributed by atoms with van der Waals surface area (Å²) in [5, 5.41) is 2.44. The number of anilines is 1. The maximum atomic E-state index is 13.1. The predicted molar refractivity (Wildman–Crippen MR) is 103 cm³/mol.